The molecule has 4 rings (SSSR count). The second-order valence-electron chi connectivity index (χ2n) is 7.04. The molecule has 6 heteroatoms. The van der Waals surface area contributed by atoms with Crippen molar-refractivity contribution in [3.05, 3.63) is 76.5 Å². The Labute approximate surface area is 167 Å². The van der Waals surface area contributed by atoms with E-state index in [-0.39, 0.29) is 5.56 Å². The van der Waals surface area contributed by atoms with Crippen molar-refractivity contribution in [2.45, 2.75) is 13.5 Å². The molecule has 2 N–H and O–H groups in total. The molecule has 0 saturated carbocycles. The highest BCUT2D eigenvalue weighted by Gasteiger charge is 2.27. The molecule has 146 valence electrons. The molecular weight excluding hydrogens is 368 g/mol. The van der Waals surface area contributed by atoms with Gasteiger partial charge in [0.2, 0.25) is 0 Å². The van der Waals surface area contributed by atoms with Crippen LogP contribution in [0.5, 0.6) is 0 Å². The molecule has 0 atom stereocenters. The minimum absolute atomic E-state index is 0.226. The van der Waals surface area contributed by atoms with Crippen LogP contribution in [0.15, 0.2) is 48.5 Å². The van der Waals surface area contributed by atoms with E-state index in [4.69, 9.17) is 10.1 Å². The highest BCUT2D eigenvalue weighted by Crippen LogP contribution is 2.34. The zero-order chi connectivity index (χ0) is 20.5. The van der Waals surface area contributed by atoms with Gasteiger partial charge in [-0.25, -0.2) is 14.6 Å². The number of para-hydroxylation sites is 1. The maximum Gasteiger partial charge on any atom is 0.336 e. The number of benzene rings is 2. The van der Waals surface area contributed by atoms with E-state index in [1.807, 2.05) is 31.2 Å². The molecule has 0 radical (unpaired) electrons. The third-order valence-corrected chi connectivity index (χ3v) is 5.23. The summed E-state index contributed by atoms with van der Waals surface area (Å²) in [4.78, 5) is 30.2. The Morgan fingerprint density at radius 3 is 2.41 bits per heavy atom. The van der Waals surface area contributed by atoms with Crippen LogP contribution in [0, 0.1) is 0 Å². The Balaban J connectivity index is 1.91. The second kappa shape index (κ2) is 7.48. The number of aromatic carboxylic acids is 2. The van der Waals surface area contributed by atoms with E-state index < -0.39 is 11.9 Å². The molecule has 0 unspecified atom stereocenters. The molecule has 2 aromatic carbocycles. The first-order valence-electron chi connectivity index (χ1n) is 9.39. The van der Waals surface area contributed by atoms with E-state index in [0.717, 1.165) is 23.2 Å². The normalized spacial score (nSPS) is 15.4. The number of carboxylic acid groups (broad SMARTS) is 2. The summed E-state index contributed by atoms with van der Waals surface area (Å²) in [6.07, 6.45) is 1.96. The van der Waals surface area contributed by atoms with E-state index in [1.54, 1.807) is 30.3 Å². The predicted octanol–water partition coefficient (Wildman–Crippen LogP) is 4.01. The van der Waals surface area contributed by atoms with Crippen LogP contribution < -0.4 is 0 Å². The van der Waals surface area contributed by atoms with Crippen molar-refractivity contribution in [3.63, 3.8) is 0 Å². The Hall–Kier alpha value is -3.51. The summed E-state index contributed by atoms with van der Waals surface area (Å²) in [5.41, 5.74) is 4.37. The molecule has 1 aliphatic rings. The molecule has 0 fully saturated rings. The van der Waals surface area contributed by atoms with E-state index in [2.05, 4.69) is 4.90 Å². The number of nitrogens with zero attached hydrogens (tertiary/aromatic N) is 2. The van der Waals surface area contributed by atoms with Gasteiger partial charge in [0.1, 0.15) is 0 Å². The standard InChI is InChI=1S/C23H20N2O4/c1-2-25-12-16(11-14-7-9-15(10-8-14)22(26)27)21-18(13-25)20(23(28)29)17-5-3-4-6-19(17)24-21/h3-11H,2,12-13H2,1H3,(H,26,27)(H,28,29)/b16-11-. The van der Waals surface area contributed by atoms with E-state index in [1.165, 1.54) is 0 Å². The molecule has 1 aliphatic heterocycles. The summed E-state index contributed by atoms with van der Waals surface area (Å²) >= 11 is 0. The van der Waals surface area contributed by atoms with Crippen molar-refractivity contribution in [2.75, 3.05) is 13.1 Å². The van der Waals surface area contributed by atoms with Gasteiger partial charge in [0.05, 0.1) is 22.3 Å². The summed E-state index contributed by atoms with van der Waals surface area (Å²) in [6, 6.07) is 13.9. The van der Waals surface area contributed by atoms with Gasteiger partial charge in [0.15, 0.2) is 0 Å². The summed E-state index contributed by atoms with van der Waals surface area (Å²) < 4.78 is 0. The fraction of sp³-hybridized carbons (Fsp3) is 0.174. The van der Waals surface area contributed by atoms with Crippen LogP contribution in [0.3, 0.4) is 0 Å². The summed E-state index contributed by atoms with van der Waals surface area (Å²) in [5.74, 6) is -1.92. The third kappa shape index (κ3) is 3.50. The maximum absolute atomic E-state index is 12.1. The number of rotatable bonds is 4. The smallest absolute Gasteiger partial charge is 0.336 e. The van der Waals surface area contributed by atoms with Crippen molar-refractivity contribution >= 4 is 34.5 Å². The quantitative estimate of drug-likeness (QED) is 0.702. The molecule has 29 heavy (non-hydrogen) atoms. The molecule has 0 saturated heterocycles. The lowest BCUT2D eigenvalue weighted by Gasteiger charge is -2.30. The molecule has 0 spiro atoms. The number of likely N-dealkylation sites (N-methyl/N-ethyl adjacent to an activating group) is 1. The maximum atomic E-state index is 12.1. The monoisotopic (exact) mass is 388 g/mol. The number of aromatic nitrogens is 1. The number of fused-ring (bicyclic) bond motifs is 2. The van der Waals surface area contributed by atoms with Gasteiger partial charge in [-0.05, 0) is 42.0 Å². The van der Waals surface area contributed by atoms with Crippen molar-refractivity contribution in [1.29, 1.82) is 0 Å². The zero-order valence-electron chi connectivity index (χ0n) is 15.9. The van der Waals surface area contributed by atoms with E-state index in [9.17, 15) is 14.7 Å². The zero-order valence-corrected chi connectivity index (χ0v) is 15.9. The van der Waals surface area contributed by atoms with E-state index >= 15 is 0 Å². The van der Waals surface area contributed by atoms with Gasteiger partial charge >= 0.3 is 11.9 Å². The lowest BCUT2D eigenvalue weighted by atomic mass is 9.92. The highest BCUT2D eigenvalue weighted by molar-refractivity contribution is 6.06. The Morgan fingerprint density at radius 1 is 1.03 bits per heavy atom. The molecule has 3 aromatic rings. The summed E-state index contributed by atoms with van der Waals surface area (Å²) in [6.45, 7) is 4.00. The predicted molar refractivity (Wildman–Crippen MR) is 111 cm³/mol. The third-order valence-electron chi connectivity index (χ3n) is 5.23. The molecule has 2 heterocycles. The van der Waals surface area contributed by atoms with Gasteiger partial charge in [-0.2, -0.15) is 0 Å². The fourth-order valence-electron chi connectivity index (χ4n) is 3.77. The molecule has 0 bridgehead atoms. The Bertz CT molecular complexity index is 1150. The van der Waals surface area contributed by atoms with Gasteiger partial charge < -0.3 is 10.2 Å². The first-order chi connectivity index (χ1) is 14.0. The van der Waals surface area contributed by atoms with Gasteiger partial charge in [-0.1, -0.05) is 37.3 Å². The average molecular weight is 388 g/mol. The van der Waals surface area contributed by atoms with Crippen molar-refractivity contribution < 1.29 is 19.8 Å². The van der Waals surface area contributed by atoms with Crippen molar-refractivity contribution in [3.8, 4) is 0 Å². The lowest BCUT2D eigenvalue weighted by molar-refractivity contribution is 0.0685. The molecular formula is C23H20N2O4. The van der Waals surface area contributed by atoms with Crippen LogP contribution in [0.25, 0.3) is 22.6 Å². The lowest BCUT2D eigenvalue weighted by Crippen LogP contribution is -2.31. The average Bonchev–Trinajstić information content (AvgIpc) is 2.72. The van der Waals surface area contributed by atoms with Crippen molar-refractivity contribution in [1.82, 2.24) is 9.88 Å². The minimum atomic E-state index is -0.969. The number of pyridine rings is 1. The van der Waals surface area contributed by atoms with Crippen LogP contribution >= 0.6 is 0 Å². The summed E-state index contributed by atoms with van der Waals surface area (Å²) in [5, 5.41) is 19.7. The molecule has 0 amide bonds. The molecule has 6 nitrogen and oxygen atoms in total. The van der Waals surface area contributed by atoms with Crippen LogP contribution in [0.4, 0.5) is 0 Å². The molecule has 0 aliphatic carbocycles. The Kier molecular flexibility index (Phi) is 4.86. The number of hydrogen-bond donors (Lipinski definition) is 2. The highest BCUT2D eigenvalue weighted by atomic mass is 16.4. The first-order valence-corrected chi connectivity index (χ1v) is 9.39. The van der Waals surface area contributed by atoms with Gasteiger partial charge in [-0.3, -0.25) is 4.90 Å². The van der Waals surface area contributed by atoms with Gasteiger partial charge in [-0.15, -0.1) is 0 Å². The fourth-order valence-corrected chi connectivity index (χ4v) is 3.77. The Morgan fingerprint density at radius 2 is 1.76 bits per heavy atom. The van der Waals surface area contributed by atoms with Crippen molar-refractivity contribution in [2.24, 2.45) is 0 Å². The van der Waals surface area contributed by atoms with Gasteiger partial charge in [0.25, 0.3) is 0 Å². The summed E-state index contributed by atoms with van der Waals surface area (Å²) in [7, 11) is 0. The number of hydrogen-bond acceptors (Lipinski definition) is 4. The topological polar surface area (TPSA) is 90.7 Å². The minimum Gasteiger partial charge on any atom is -0.478 e. The van der Waals surface area contributed by atoms with Crippen LogP contribution in [-0.4, -0.2) is 45.1 Å². The van der Waals surface area contributed by atoms with Crippen LogP contribution in [-0.2, 0) is 6.54 Å². The number of carboxylic acids is 2. The van der Waals surface area contributed by atoms with E-state index in [0.29, 0.717) is 35.2 Å². The SMILES string of the molecule is CCN1C/C(=C/c2ccc(C(=O)O)cc2)c2nc3ccccc3c(C(=O)O)c2C1. The second-order valence-corrected chi connectivity index (χ2v) is 7.04. The van der Waals surface area contributed by atoms with Gasteiger partial charge in [0, 0.05) is 24.0 Å². The molecule has 1 aromatic heterocycles. The largest absolute Gasteiger partial charge is 0.478 e. The first kappa shape index (κ1) is 18.8. The van der Waals surface area contributed by atoms with Crippen LogP contribution in [0.2, 0.25) is 0 Å². The number of carbonyl (C=O) groups is 2. The van der Waals surface area contributed by atoms with Crippen LogP contribution in [0.1, 0.15) is 44.5 Å².